The Bertz CT molecular complexity index is 70.8. The Balaban J connectivity index is 0.000000810. The fourth-order valence-electron chi connectivity index (χ4n) is 1.46. The van der Waals surface area contributed by atoms with E-state index in [0.29, 0.717) is 11.8 Å². The Labute approximate surface area is 90.0 Å². The summed E-state index contributed by atoms with van der Waals surface area (Å²) in [7, 11) is 0. The molecule has 2 unspecified atom stereocenters. The van der Waals surface area contributed by atoms with Gasteiger partial charge in [0.05, 0.1) is 0 Å². The second kappa shape index (κ2) is 5.72. The van der Waals surface area contributed by atoms with Crippen molar-refractivity contribution >= 4 is 0 Å². The van der Waals surface area contributed by atoms with E-state index in [4.69, 9.17) is 0 Å². The topological polar surface area (TPSA) is 0 Å². The zero-order valence-electron chi connectivity index (χ0n) is 6.68. The van der Waals surface area contributed by atoms with Crippen molar-refractivity contribution in [3.05, 3.63) is 13.8 Å². The summed E-state index contributed by atoms with van der Waals surface area (Å²) in [6, 6.07) is 0. The normalized spacial score (nSPS) is 34.2. The Morgan fingerprint density at radius 3 is 1.60 bits per heavy atom. The Morgan fingerprint density at radius 2 is 1.20 bits per heavy atom. The van der Waals surface area contributed by atoms with Crippen LogP contribution in [0.2, 0.25) is 0 Å². The first-order chi connectivity index (χ1) is 4.30. The molecule has 0 aromatic heterocycles. The largest absolute Gasteiger partial charge is 0.342 e. The Morgan fingerprint density at radius 1 is 0.800 bits per heavy atom. The van der Waals surface area contributed by atoms with E-state index in [1.54, 1.807) is 0 Å². The summed E-state index contributed by atoms with van der Waals surface area (Å²) >= 11 is 0. The summed E-state index contributed by atoms with van der Waals surface area (Å²) in [6.45, 7) is 8.15. The second-order valence-corrected chi connectivity index (χ2v) is 3.16. The molecule has 0 aromatic carbocycles. The van der Waals surface area contributed by atoms with Gasteiger partial charge in [0.25, 0.3) is 0 Å². The van der Waals surface area contributed by atoms with Crippen LogP contribution in [-0.2, 0) is 32.7 Å². The summed E-state index contributed by atoms with van der Waals surface area (Å²) in [6.07, 6.45) is 6.75. The molecule has 1 aliphatic rings. The van der Waals surface area contributed by atoms with Crippen molar-refractivity contribution in [2.75, 3.05) is 0 Å². The van der Waals surface area contributed by atoms with Gasteiger partial charge in [-0.2, -0.15) is 11.8 Å². The van der Waals surface area contributed by atoms with E-state index in [2.05, 4.69) is 13.8 Å². The van der Waals surface area contributed by atoms with Crippen LogP contribution in [0.5, 0.6) is 0 Å². The molecular formula is C9H16Y-2. The molecule has 0 heterocycles. The molecule has 0 aliphatic heterocycles. The zero-order chi connectivity index (χ0) is 6.69. The van der Waals surface area contributed by atoms with Crippen molar-refractivity contribution in [3.63, 3.8) is 0 Å². The third kappa shape index (κ3) is 3.48. The van der Waals surface area contributed by atoms with Crippen molar-refractivity contribution in [1.82, 2.24) is 0 Å². The summed E-state index contributed by atoms with van der Waals surface area (Å²) in [5.74, 6) is 1.26. The summed E-state index contributed by atoms with van der Waals surface area (Å²) in [5.41, 5.74) is 0. The van der Waals surface area contributed by atoms with Crippen LogP contribution in [-0.4, -0.2) is 0 Å². The predicted octanol–water partition coefficient (Wildman–Crippen LogP) is 2.85. The van der Waals surface area contributed by atoms with Crippen molar-refractivity contribution in [2.24, 2.45) is 11.8 Å². The minimum absolute atomic E-state index is 0. The van der Waals surface area contributed by atoms with Gasteiger partial charge in [-0.1, -0.05) is 32.1 Å². The summed E-state index contributed by atoms with van der Waals surface area (Å²) < 4.78 is 0. The predicted molar refractivity (Wildman–Crippen MR) is 40.8 cm³/mol. The van der Waals surface area contributed by atoms with Crippen LogP contribution in [0.25, 0.3) is 0 Å². The molecule has 1 aliphatic carbocycles. The van der Waals surface area contributed by atoms with Crippen molar-refractivity contribution in [2.45, 2.75) is 32.1 Å². The smallest absolute Gasteiger partial charge is 0 e. The molecule has 1 radical (unpaired) electrons. The zero-order valence-corrected chi connectivity index (χ0v) is 9.52. The van der Waals surface area contributed by atoms with Crippen LogP contribution in [0, 0.1) is 25.7 Å². The molecule has 1 rings (SSSR count). The maximum Gasteiger partial charge on any atom is 0 e. The van der Waals surface area contributed by atoms with E-state index in [1.807, 2.05) is 0 Å². The van der Waals surface area contributed by atoms with E-state index in [-0.39, 0.29) is 32.7 Å². The molecule has 0 nitrogen and oxygen atoms in total. The molecule has 0 saturated heterocycles. The van der Waals surface area contributed by atoms with Crippen LogP contribution >= 0.6 is 0 Å². The molecule has 57 valence electrons. The van der Waals surface area contributed by atoms with Crippen LogP contribution in [0.1, 0.15) is 32.1 Å². The SMILES string of the molecule is [CH2-]C1CCCCCC1[CH2-].[Y]. The van der Waals surface area contributed by atoms with Gasteiger partial charge in [-0.15, -0.1) is 0 Å². The van der Waals surface area contributed by atoms with Gasteiger partial charge in [0.1, 0.15) is 0 Å². The van der Waals surface area contributed by atoms with E-state index >= 15 is 0 Å². The second-order valence-electron chi connectivity index (χ2n) is 3.16. The molecule has 0 spiro atoms. The van der Waals surface area contributed by atoms with Gasteiger partial charge in [-0.25, -0.2) is 0 Å². The average Bonchev–Trinajstić information content (AvgIpc) is 1.99. The molecular weight excluding hydrogens is 197 g/mol. The van der Waals surface area contributed by atoms with Gasteiger partial charge >= 0.3 is 0 Å². The van der Waals surface area contributed by atoms with Gasteiger partial charge in [-0.05, 0) is 0 Å². The van der Waals surface area contributed by atoms with Crippen LogP contribution in [0.15, 0.2) is 0 Å². The fraction of sp³-hybridized carbons (Fsp3) is 0.778. The molecule has 10 heavy (non-hydrogen) atoms. The third-order valence-corrected chi connectivity index (χ3v) is 2.32. The molecule has 1 saturated carbocycles. The van der Waals surface area contributed by atoms with E-state index in [0.717, 1.165) is 0 Å². The van der Waals surface area contributed by atoms with Crippen LogP contribution in [0.3, 0.4) is 0 Å². The maximum absolute atomic E-state index is 4.08. The van der Waals surface area contributed by atoms with Gasteiger partial charge in [0.15, 0.2) is 0 Å². The number of rotatable bonds is 0. The molecule has 0 bridgehead atoms. The monoisotopic (exact) mass is 213 g/mol. The summed E-state index contributed by atoms with van der Waals surface area (Å²) in [4.78, 5) is 0. The Hall–Kier alpha value is 1.10. The first kappa shape index (κ1) is 11.1. The molecule has 1 heteroatoms. The number of hydrogen-bond acceptors (Lipinski definition) is 0. The van der Waals surface area contributed by atoms with Gasteiger partial charge in [0.2, 0.25) is 0 Å². The third-order valence-electron chi connectivity index (χ3n) is 2.32. The first-order valence-electron chi connectivity index (χ1n) is 3.97. The van der Waals surface area contributed by atoms with Crippen molar-refractivity contribution in [3.8, 4) is 0 Å². The van der Waals surface area contributed by atoms with Gasteiger partial charge < -0.3 is 13.8 Å². The molecule has 0 aromatic rings. The fourth-order valence-corrected chi connectivity index (χ4v) is 1.46. The van der Waals surface area contributed by atoms with Crippen molar-refractivity contribution in [1.29, 1.82) is 0 Å². The average molecular weight is 213 g/mol. The first-order valence-corrected chi connectivity index (χ1v) is 3.97. The molecule has 1 fully saturated rings. The number of hydrogen-bond donors (Lipinski definition) is 0. The van der Waals surface area contributed by atoms with Crippen LogP contribution in [0.4, 0.5) is 0 Å². The van der Waals surface area contributed by atoms with Gasteiger partial charge in [0, 0.05) is 32.7 Å². The standard InChI is InChI=1S/C9H16.Y/c1-8-6-4-3-5-7-9(8)2;/h8-9H,1-7H2;/q-2;. The maximum atomic E-state index is 4.08. The van der Waals surface area contributed by atoms with E-state index < -0.39 is 0 Å². The minimum Gasteiger partial charge on any atom is -0.342 e. The quantitative estimate of drug-likeness (QED) is 0.428. The van der Waals surface area contributed by atoms with E-state index in [9.17, 15) is 0 Å². The molecule has 2 atom stereocenters. The van der Waals surface area contributed by atoms with Crippen molar-refractivity contribution < 1.29 is 32.7 Å². The molecule has 0 N–H and O–H groups in total. The van der Waals surface area contributed by atoms with Crippen LogP contribution < -0.4 is 0 Å². The van der Waals surface area contributed by atoms with E-state index in [1.165, 1.54) is 32.1 Å². The van der Waals surface area contributed by atoms with Gasteiger partial charge in [-0.3, -0.25) is 0 Å². The minimum atomic E-state index is 0. The Kier molecular flexibility index (Phi) is 6.35. The molecule has 0 amide bonds. The summed E-state index contributed by atoms with van der Waals surface area (Å²) in [5, 5.41) is 0.